The molecule has 4 heterocycles. The van der Waals surface area contributed by atoms with Crippen LogP contribution in [0.3, 0.4) is 0 Å². The number of urea groups is 1. The molecule has 0 atom stereocenters. The number of nitrogens with zero attached hydrogens (tertiary/aromatic N) is 6. The fourth-order valence-corrected chi connectivity index (χ4v) is 3.78. The molecule has 1 aliphatic heterocycles. The van der Waals surface area contributed by atoms with Crippen molar-refractivity contribution >= 4 is 56.8 Å². The van der Waals surface area contributed by atoms with Crippen molar-refractivity contribution < 1.29 is 14.4 Å². The lowest BCUT2D eigenvalue weighted by Crippen LogP contribution is -2.52. The Hall–Kier alpha value is -3.06. The van der Waals surface area contributed by atoms with E-state index in [4.69, 9.17) is 10.6 Å². The van der Waals surface area contributed by atoms with Gasteiger partial charge in [-0.1, -0.05) is 0 Å². The van der Waals surface area contributed by atoms with Crippen LogP contribution in [0, 0.1) is 0 Å². The number of anilines is 2. The van der Waals surface area contributed by atoms with Crippen molar-refractivity contribution in [3.05, 3.63) is 22.1 Å². The summed E-state index contributed by atoms with van der Waals surface area (Å²) in [6.45, 7) is 1.94. The van der Waals surface area contributed by atoms with Gasteiger partial charge in [-0.3, -0.25) is 4.98 Å². The van der Waals surface area contributed by atoms with E-state index in [9.17, 15) is 9.59 Å². The Kier molecular flexibility index (Phi) is 4.68. The predicted octanol–water partition coefficient (Wildman–Crippen LogP) is 0.729. The Morgan fingerprint density at radius 2 is 1.96 bits per heavy atom. The molecule has 1 saturated heterocycles. The van der Waals surface area contributed by atoms with Gasteiger partial charge in [0.1, 0.15) is 10.4 Å². The molecule has 4 rings (SSSR count). The number of thiazole rings is 2. The van der Waals surface area contributed by atoms with Crippen molar-refractivity contribution in [2.45, 2.75) is 0 Å². The van der Waals surface area contributed by atoms with Crippen LogP contribution in [0.4, 0.5) is 16.6 Å². The molecule has 0 saturated carbocycles. The van der Waals surface area contributed by atoms with Crippen molar-refractivity contribution in [2.24, 2.45) is 0 Å². The van der Waals surface area contributed by atoms with Crippen LogP contribution in [-0.2, 0) is 4.84 Å². The van der Waals surface area contributed by atoms with Gasteiger partial charge >= 0.3 is 12.0 Å². The maximum Gasteiger partial charge on any atom is 0.374 e. The van der Waals surface area contributed by atoms with Gasteiger partial charge < -0.3 is 20.4 Å². The molecule has 0 radical (unpaired) electrons. The standard InChI is InChI=1S/C14H14N8O3S2/c15-13-18-10(9-11(19-13)27-7-17-9)21-1-3-22(4-2-21)14(24)20-25-12(23)8-5-16-6-26-8/h5-7H,1-4H2,(H,20,24)(H2,15,18,19). The van der Waals surface area contributed by atoms with E-state index in [2.05, 4.69) is 25.4 Å². The van der Waals surface area contributed by atoms with E-state index in [1.165, 1.54) is 23.0 Å². The molecular weight excluding hydrogens is 392 g/mol. The quantitative estimate of drug-likeness (QED) is 0.589. The summed E-state index contributed by atoms with van der Waals surface area (Å²) in [7, 11) is 0. The average molecular weight is 406 g/mol. The fourth-order valence-electron chi connectivity index (χ4n) is 2.63. The largest absolute Gasteiger partial charge is 0.374 e. The topological polar surface area (TPSA) is 139 Å². The van der Waals surface area contributed by atoms with Crippen molar-refractivity contribution in [1.82, 2.24) is 30.3 Å². The molecule has 2 amide bonds. The Balaban J connectivity index is 1.35. The minimum atomic E-state index is -0.646. The Morgan fingerprint density at radius 1 is 1.15 bits per heavy atom. The molecule has 11 nitrogen and oxygen atoms in total. The maximum atomic E-state index is 12.2. The Bertz CT molecular complexity index is 968. The third-order valence-corrected chi connectivity index (χ3v) is 5.40. The predicted molar refractivity (Wildman–Crippen MR) is 99.5 cm³/mol. The van der Waals surface area contributed by atoms with Gasteiger partial charge in [-0.2, -0.15) is 10.5 Å². The lowest BCUT2D eigenvalue weighted by molar-refractivity contribution is 0.0288. The SMILES string of the molecule is Nc1nc(N2CCN(C(=O)NOC(=O)c3cncs3)CC2)c2ncsc2n1. The van der Waals surface area contributed by atoms with Crippen LogP contribution in [-0.4, -0.2) is 63.0 Å². The van der Waals surface area contributed by atoms with Gasteiger partial charge in [0, 0.05) is 26.2 Å². The van der Waals surface area contributed by atoms with Gasteiger partial charge in [0.15, 0.2) is 10.6 Å². The van der Waals surface area contributed by atoms with Gasteiger partial charge in [-0.25, -0.2) is 19.6 Å². The molecule has 0 unspecified atom stereocenters. The van der Waals surface area contributed by atoms with Crippen LogP contribution in [0.5, 0.6) is 0 Å². The highest BCUT2D eigenvalue weighted by Crippen LogP contribution is 2.26. The molecule has 140 valence electrons. The number of carbonyl (C=O) groups is 2. The third-order valence-electron chi connectivity index (χ3n) is 3.93. The summed E-state index contributed by atoms with van der Waals surface area (Å²) >= 11 is 2.53. The van der Waals surface area contributed by atoms with E-state index >= 15 is 0 Å². The zero-order valence-corrected chi connectivity index (χ0v) is 15.5. The lowest BCUT2D eigenvalue weighted by atomic mass is 10.3. The number of hydroxylamine groups is 1. The number of amides is 2. The van der Waals surface area contributed by atoms with E-state index in [1.807, 2.05) is 4.90 Å². The van der Waals surface area contributed by atoms with Gasteiger partial charge in [-0.05, 0) is 0 Å². The highest BCUT2D eigenvalue weighted by molar-refractivity contribution is 7.16. The Morgan fingerprint density at radius 3 is 2.70 bits per heavy atom. The smallest absolute Gasteiger partial charge is 0.368 e. The molecule has 13 heteroatoms. The number of nitrogens with one attached hydrogen (secondary N) is 1. The van der Waals surface area contributed by atoms with Gasteiger partial charge in [0.25, 0.3) is 0 Å². The average Bonchev–Trinajstić information content (AvgIpc) is 3.37. The second-order valence-corrected chi connectivity index (χ2v) is 7.27. The van der Waals surface area contributed by atoms with Crippen LogP contribution in [0.2, 0.25) is 0 Å². The van der Waals surface area contributed by atoms with Crippen LogP contribution in [0.15, 0.2) is 17.2 Å². The van der Waals surface area contributed by atoms with Crippen molar-refractivity contribution in [3.63, 3.8) is 0 Å². The van der Waals surface area contributed by atoms with Crippen LogP contribution >= 0.6 is 22.7 Å². The first kappa shape index (κ1) is 17.4. The molecule has 0 aromatic carbocycles. The highest BCUT2D eigenvalue weighted by Gasteiger charge is 2.25. The molecule has 3 aromatic heterocycles. The molecule has 1 fully saturated rings. The summed E-state index contributed by atoms with van der Waals surface area (Å²) in [4.78, 5) is 49.9. The third kappa shape index (κ3) is 3.59. The number of nitrogens with two attached hydrogens (primary N) is 1. The zero-order valence-electron chi connectivity index (χ0n) is 13.9. The second-order valence-electron chi connectivity index (χ2n) is 5.55. The molecule has 0 aliphatic carbocycles. The Labute approximate surface area is 160 Å². The summed E-state index contributed by atoms with van der Waals surface area (Å²) in [6.07, 6.45) is 1.38. The number of carbonyl (C=O) groups excluding carboxylic acids is 2. The minimum absolute atomic E-state index is 0.192. The monoisotopic (exact) mass is 406 g/mol. The maximum absolute atomic E-state index is 12.2. The summed E-state index contributed by atoms with van der Waals surface area (Å²) in [6, 6.07) is -0.478. The molecule has 3 N–H and O–H groups in total. The van der Waals surface area contributed by atoms with E-state index in [1.54, 1.807) is 10.4 Å². The number of aromatic nitrogens is 4. The van der Waals surface area contributed by atoms with Gasteiger partial charge in [0.05, 0.1) is 17.2 Å². The highest BCUT2D eigenvalue weighted by atomic mass is 32.1. The first-order valence-electron chi connectivity index (χ1n) is 7.88. The summed E-state index contributed by atoms with van der Waals surface area (Å²) < 4.78 is 0. The second kappa shape index (κ2) is 7.28. The van der Waals surface area contributed by atoms with Crippen molar-refractivity contribution in [1.29, 1.82) is 0 Å². The first-order chi connectivity index (χ1) is 13.1. The summed E-state index contributed by atoms with van der Waals surface area (Å²) in [5, 5.41) is 0. The lowest BCUT2D eigenvalue weighted by Gasteiger charge is -2.35. The van der Waals surface area contributed by atoms with Crippen LogP contribution < -0.4 is 16.1 Å². The van der Waals surface area contributed by atoms with Gasteiger partial charge in [0.2, 0.25) is 5.95 Å². The molecule has 0 spiro atoms. The number of fused-ring (bicyclic) bond motifs is 1. The number of piperazine rings is 1. The minimum Gasteiger partial charge on any atom is -0.368 e. The molecule has 0 bridgehead atoms. The van der Waals surface area contributed by atoms with Crippen LogP contribution in [0.1, 0.15) is 9.67 Å². The number of hydrogen-bond acceptors (Lipinski definition) is 11. The molecule has 3 aromatic rings. The van der Waals surface area contributed by atoms with E-state index in [-0.39, 0.29) is 5.95 Å². The number of rotatable bonds is 2. The van der Waals surface area contributed by atoms with E-state index < -0.39 is 12.0 Å². The normalized spacial score (nSPS) is 14.4. The van der Waals surface area contributed by atoms with Gasteiger partial charge in [-0.15, -0.1) is 22.7 Å². The van der Waals surface area contributed by atoms with Crippen molar-refractivity contribution in [2.75, 3.05) is 36.8 Å². The molecule has 1 aliphatic rings. The summed E-state index contributed by atoms with van der Waals surface area (Å²) in [5.74, 6) is 0.208. The first-order valence-corrected chi connectivity index (χ1v) is 9.64. The van der Waals surface area contributed by atoms with Crippen molar-refractivity contribution in [3.8, 4) is 0 Å². The fraction of sp³-hybridized carbons (Fsp3) is 0.286. The molecule has 27 heavy (non-hydrogen) atoms. The van der Waals surface area contributed by atoms with Crippen LogP contribution in [0.25, 0.3) is 10.3 Å². The van der Waals surface area contributed by atoms with E-state index in [0.717, 1.165) is 16.2 Å². The summed E-state index contributed by atoms with van der Waals surface area (Å²) in [5.41, 5.74) is 11.9. The number of hydrogen-bond donors (Lipinski definition) is 2. The molecular formula is C14H14N8O3S2. The zero-order chi connectivity index (χ0) is 18.8. The van der Waals surface area contributed by atoms with E-state index in [0.29, 0.717) is 42.4 Å². The number of nitrogen functional groups attached to an aromatic ring is 1.